The van der Waals surface area contributed by atoms with E-state index in [1.54, 1.807) is 7.11 Å². The van der Waals surface area contributed by atoms with Gasteiger partial charge in [-0.3, -0.25) is 0 Å². The van der Waals surface area contributed by atoms with Gasteiger partial charge in [0.1, 0.15) is 18.1 Å². The third kappa shape index (κ3) is 5.00. The topological polar surface area (TPSA) is 56.5 Å². The summed E-state index contributed by atoms with van der Waals surface area (Å²) < 4.78 is 10.6. The Labute approximate surface area is 96.7 Å². The largest absolute Gasteiger partial charge is 0.497 e. The molecule has 1 atom stereocenters. The second kappa shape index (κ2) is 7.09. The second-order valence-electron chi connectivity index (χ2n) is 3.71. The lowest BCUT2D eigenvalue weighted by molar-refractivity contribution is 0.312. The molecular weight excluding hydrogens is 204 g/mol. The third-order valence-corrected chi connectivity index (χ3v) is 2.07. The van der Waals surface area contributed by atoms with Crippen molar-refractivity contribution in [2.75, 3.05) is 26.8 Å². The molecule has 1 rings (SSSR count). The lowest BCUT2D eigenvalue weighted by Crippen LogP contribution is -2.33. The molecule has 1 unspecified atom stereocenters. The normalized spacial score (nSPS) is 12.2. The van der Waals surface area contributed by atoms with E-state index in [2.05, 4.69) is 5.32 Å². The van der Waals surface area contributed by atoms with Crippen molar-refractivity contribution in [3.8, 4) is 11.5 Å². The van der Waals surface area contributed by atoms with Crippen molar-refractivity contribution in [2.45, 2.75) is 13.0 Å². The molecule has 0 saturated carbocycles. The molecule has 0 bridgehead atoms. The molecule has 1 aromatic carbocycles. The Hall–Kier alpha value is -1.26. The number of nitrogens with two attached hydrogens (primary N) is 1. The van der Waals surface area contributed by atoms with Gasteiger partial charge in [-0.25, -0.2) is 0 Å². The van der Waals surface area contributed by atoms with Gasteiger partial charge in [-0.15, -0.1) is 0 Å². The molecule has 0 aliphatic heterocycles. The predicted octanol–water partition coefficient (Wildman–Crippen LogP) is 1.01. The minimum absolute atomic E-state index is 0.181. The Kier molecular flexibility index (Phi) is 5.67. The van der Waals surface area contributed by atoms with Crippen molar-refractivity contribution in [1.29, 1.82) is 0 Å². The number of benzene rings is 1. The fourth-order valence-corrected chi connectivity index (χ4v) is 1.24. The highest BCUT2D eigenvalue weighted by Gasteiger charge is 1.96. The molecule has 4 heteroatoms. The molecule has 0 radical (unpaired) electrons. The Morgan fingerprint density at radius 3 is 2.44 bits per heavy atom. The van der Waals surface area contributed by atoms with Crippen molar-refractivity contribution in [3.05, 3.63) is 24.3 Å². The molecule has 16 heavy (non-hydrogen) atoms. The lowest BCUT2D eigenvalue weighted by atomic mass is 10.3. The van der Waals surface area contributed by atoms with Crippen molar-refractivity contribution >= 4 is 0 Å². The van der Waals surface area contributed by atoms with Crippen LogP contribution in [0.5, 0.6) is 11.5 Å². The number of nitrogens with one attached hydrogen (secondary N) is 1. The van der Waals surface area contributed by atoms with Crippen LogP contribution >= 0.6 is 0 Å². The molecular formula is C12H20N2O2. The highest BCUT2D eigenvalue weighted by molar-refractivity contribution is 5.31. The summed E-state index contributed by atoms with van der Waals surface area (Å²) in [5.74, 6) is 1.69. The molecule has 0 heterocycles. The summed E-state index contributed by atoms with van der Waals surface area (Å²) >= 11 is 0. The summed E-state index contributed by atoms with van der Waals surface area (Å²) in [5, 5.41) is 3.20. The molecule has 0 aromatic heterocycles. The van der Waals surface area contributed by atoms with Gasteiger partial charge < -0.3 is 20.5 Å². The zero-order valence-electron chi connectivity index (χ0n) is 9.90. The predicted molar refractivity (Wildman–Crippen MR) is 65.0 cm³/mol. The summed E-state index contributed by atoms with van der Waals surface area (Å²) in [6.45, 7) is 4.22. The first-order valence-corrected chi connectivity index (χ1v) is 5.45. The number of methoxy groups -OCH3 is 1. The maximum Gasteiger partial charge on any atom is 0.119 e. The van der Waals surface area contributed by atoms with Crippen molar-refractivity contribution in [2.24, 2.45) is 5.73 Å². The van der Waals surface area contributed by atoms with Crippen molar-refractivity contribution in [3.63, 3.8) is 0 Å². The van der Waals surface area contributed by atoms with Crippen LogP contribution in [0.2, 0.25) is 0 Å². The Bertz CT molecular complexity index is 286. The molecule has 0 spiro atoms. The fourth-order valence-electron chi connectivity index (χ4n) is 1.24. The van der Waals surface area contributed by atoms with Crippen LogP contribution in [0.25, 0.3) is 0 Å². The van der Waals surface area contributed by atoms with E-state index in [1.165, 1.54) is 0 Å². The summed E-state index contributed by atoms with van der Waals surface area (Å²) in [5.41, 5.74) is 5.60. The van der Waals surface area contributed by atoms with Gasteiger partial charge in [0.2, 0.25) is 0 Å². The van der Waals surface area contributed by atoms with Gasteiger partial charge in [0.25, 0.3) is 0 Å². The van der Waals surface area contributed by atoms with E-state index < -0.39 is 0 Å². The van der Waals surface area contributed by atoms with Gasteiger partial charge in [0.05, 0.1) is 7.11 Å². The van der Waals surface area contributed by atoms with Crippen LogP contribution in [0.3, 0.4) is 0 Å². The van der Waals surface area contributed by atoms with Gasteiger partial charge in [-0.1, -0.05) is 0 Å². The Morgan fingerprint density at radius 1 is 1.25 bits per heavy atom. The van der Waals surface area contributed by atoms with E-state index in [1.807, 2.05) is 31.2 Å². The van der Waals surface area contributed by atoms with Crippen LogP contribution in [-0.2, 0) is 0 Å². The Balaban J connectivity index is 2.16. The summed E-state index contributed by atoms with van der Waals surface area (Å²) in [6, 6.07) is 7.73. The average Bonchev–Trinajstić information content (AvgIpc) is 2.29. The Morgan fingerprint density at radius 2 is 1.88 bits per heavy atom. The number of hydrogen-bond donors (Lipinski definition) is 2. The SMILES string of the molecule is COc1ccc(OCCNCC(C)N)cc1. The molecule has 0 amide bonds. The minimum atomic E-state index is 0.181. The molecule has 0 aliphatic carbocycles. The summed E-state index contributed by atoms with van der Waals surface area (Å²) in [7, 11) is 1.65. The molecule has 3 N–H and O–H groups in total. The minimum Gasteiger partial charge on any atom is -0.497 e. The van der Waals surface area contributed by atoms with E-state index in [9.17, 15) is 0 Å². The standard InChI is InChI=1S/C12H20N2O2/c1-10(13)9-14-7-8-16-12-5-3-11(15-2)4-6-12/h3-6,10,14H,7-9,13H2,1-2H3. The van der Waals surface area contributed by atoms with Crippen LogP contribution < -0.4 is 20.5 Å². The smallest absolute Gasteiger partial charge is 0.119 e. The van der Waals surface area contributed by atoms with Crippen LogP contribution in [-0.4, -0.2) is 32.8 Å². The maximum atomic E-state index is 5.60. The molecule has 1 aromatic rings. The highest BCUT2D eigenvalue weighted by atomic mass is 16.5. The monoisotopic (exact) mass is 224 g/mol. The lowest BCUT2D eigenvalue weighted by Gasteiger charge is -2.09. The number of ether oxygens (including phenoxy) is 2. The molecule has 0 saturated heterocycles. The van der Waals surface area contributed by atoms with E-state index in [0.717, 1.165) is 24.6 Å². The third-order valence-electron chi connectivity index (χ3n) is 2.07. The second-order valence-corrected chi connectivity index (χ2v) is 3.71. The van der Waals surface area contributed by atoms with E-state index in [0.29, 0.717) is 6.61 Å². The van der Waals surface area contributed by atoms with Crippen LogP contribution in [0.1, 0.15) is 6.92 Å². The van der Waals surface area contributed by atoms with Gasteiger partial charge in [-0.2, -0.15) is 0 Å². The van der Waals surface area contributed by atoms with Gasteiger partial charge >= 0.3 is 0 Å². The van der Waals surface area contributed by atoms with Gasteiger partial charge in [-0.05, 0) is 31.2 Å². The zero-order valence-corrected chi connectivity index (χ0v) is 9.90. The summed E-state index contributed by atoms with van der Waals surface area (Å²) in [4.78, 5) is 0. The fraction of sp³-hybridized carbons (Fsp3) is 0.500. The molecule has 0 aliphatic rings. The molecule has 4 nitrogen and oxygen atoms in total. The van der Waals surface area contributed by atoms with Crippen LogP contribution in [0, 0.1) is 0 Å². The zero-order chi connectivity index (χ0) is 11.8. The molecule has 0 fully saturated rings. The van der Waals surface area contributed by atoms with Crippen LogP contribution in [0.4, 0.5) is 0 Å². The highest BCUT2D eigenvalue weighted by Crippen LogP contribution is 2.16. The quantitative estimate of drug-likeness (QED) is 0.679. The van der Waals surface area contributed by atoms with Crippen molar-refractivity contribution < 1.29 is 9.47 Å². The van der Waals surface area contributed by atoms with E-state index in [4.69, 9.17) is 15.2 Å². The maximum absolute atomic E-state index is 5.60. The first kappa shape index (κ1) is 12.8. The first-order valence-electron chi connectivity index (χ1n) is 5.45. The number of hydrogen-bond acceptors (Lipinski definition) is 4. The number of rotatable bonds is 7. The molecule has 90 valence electrons. The first-order chi connectivity index (χ1) is 7.72. The average molecular weight is 224 g/mol. The summed E-state index contributed by atoms with van der Waals surface area (Å²) in [6.07, 6.45) is 0. The van der Waals surface area contributed by atoms with Crippen molar-refractivity contribution in [1.82, 2.24) is 5.32 Å². The van der Waals surface area contributed by atoms with Crippen LogP contribution in [0.15, 0.2) is 24.3 Å². The van der Waals surface area contributed by atoms with E-state index >= 15 is 0 Å². The van der Waals surface area contributed by atoms with Gasteiger partial charge in [0, 0.05) is 19.1 Å². The van der Waals surface area contributed by atoms with Gasteiger partial charge in [0.15, 0.2) is 0 Å². The van der Waals surface area contributed by atoms with E-state index in [-0.39, 0.29) is 6.04 Å².